The van der Waals surface area contributed by atoms with Gasteiger partial charge in [-0.25, -0.2) is 24.9 Å². The summed E-state index contributed by atoms with van der Waals surface area (Å²) in [4.78, 5) is 31.6. The van der Waals surface area contributed by atoms with Crippen LogP contribution >= 0.6 is 38.6 Å². The van der Waals surface area contributed by atoms with Crippen molar-refractivity contribution in [1.29, 1.82) is 0 Å². The van der Waals surface area contributed by atoms with Crippen LogP contribution in [0.3, 0.4) is 0 Å². The summed E-state index contributed by atoms with van der Waals surface area (Å²) in [6.45, 7) is 0. The third-order valence-corrected chi connectivity index (χ3v) is 18.1. The first-order valence-electron chi connectivity index (χ1n) is 26.6. The fraction of sp³-hybridized carbons (Fsp3) is 0. The van der Waals surface area contributed by atoms with Gasteiger partial charge in [0.05, 0.1) is 27.9 Å². The lowest BCUT2D eigenvalue weighted by Crippen LogP contribution is -2.04. The fourth-order valence-corrected chi connectivity index (χ4v) is 14.8. The van der Waals surface area contributed by atoms with Gasteiger partial charge in [0.2, 0.25) is 5.95 Å². The van der Waals surface area contributed by atoms with Gasteiger partial charge >= 0.3 is 0 Å². The summed E-state index contributed by atoms with van der Waals surface area (Å²) in [6.07, 6.45) is 3.53. The Morgan fingerprint density at radius 1 is 0.358 bits per heavy atom. The molecule has 81 heavy (non-hydrogen) atoms. The second kappa shape index (κ2) is 19.2. The van der Waals surface area contributed by atoms with Crippen molar-refractivity contribution in [1.82, 2.24) is 39.5 Å². The minimum absolute atomic E-state index is 0.558. The molecule has 380 valence electrons. The molecule has 0 aliphatic heterocycles. The van der Waals surface area contributed by atoms with Crippen molar-refractivity contribution in [3.63, 3.8) is 0 Å². The van der Waals surface area contributed by atoms with E-state index in [1.54, 1.807) is 12.4 Å². The number of pyridine rings is 2. The molecule has 0 saturated carbocycles. The molecule has 18 aromatic rings. The van der Waals surface area contributed by atoms with E-state index >= 15 is 0 Å². The van der Waals surface area contributed by atoms with Crippen LogP contribution in [-0.4, -0.2) is 39.5 Å². The summed E-state index contributed by atoms with van der Waals surface area (Å²) in [5.41, 5.74) is 9.95. The zero-order valence-corrected chi connectivity index (χ0v) is 46.1. The van der Waals surface area contributed by atoms with Crippen molar-refractivity contribution >= 4 is 166 Å². The highest BCUT2D eigenvalue weighted by Crippen LogP contribution is 2.49. The normalized spacial score (nSPS) is 11.8. The molecular weight excluding hydrogens is 1100 g/mol. The molecule has 1 N–H and O–H groups in total. The maximum atomic E-state index is 5.26. The van der Waals surface area contributed by atoms with Gasteiger partial charge in [0, 0.05) is 112 Å². The Hall–Kier alpha value is -9.78. The van der Waals surface area contributed by atoms with E-state index in [1.165, 1.54) is 94.5 Å². The number of nitrogens with one attached hydrogen (secondary N) is 1. The van der Waals surface area contributed by atoms with E-state index in [1.807, 2.05) is 89.4 Å². The summed E-state index contributed by atoms with van der Waals surface area (Å²) in [5, 5.41) is 17.5. The quantitative estimate of drug-likeness (QED) is 0.177. The Morgan fingerprint density at radius 2 is 0.827 bits per heavy atom. The first-order chi connectivity index (χ1) is 40.1. The summed E-state index contributed by atoms with van der Waals surface area (Å²) in [5.74, 6) is 0.627. The minimum Gasteiger partial charge on any atom is -0.354 e. The molecular formula is C70H41BrN8S2. The van der Waals surface area contributed by atoms with E-state index in [0.29, 0.717) is 22.0 Å². The molecule has 0 saturated heterocycles. The van der Waals surface area contributed by atoms with Gasteiger partial charge in [-0.1, -0.05) is 182 Å². The van der Waals surface area contributed by atoms with Crippen molar-refractivity contribution in [2.24, 2.45) is 0 Å². The maximum Gasteiger partial charge on any atom is 0.237 e. The van der Waals surface area contributed by atoms with E-state index in [2.05, 4.69) is 209 Å². The Bertz CT molecular complexity index is 5520. The largest absolute Gasteiger partial charge is 0.354 e. The lowest BCUT2D eigenvalue weighted by molar-refractivity contribution is 1.01. The van der Waals surface area contributed by atoms with Crippen molar-refractivity contribution in [2.75, 3.05) is 0 Å². The number of hydrogen-bond donors (Lipinski definition) is 1. The molecule has 0 amide bonds. The fourth-order valence-electron chi connectivity index (χ4n) is 11.9. The van der Waals surface area contributed by atoms with Gasteiger partial charge in [-0.2, -0.15) is 4.98 Å². The van der Waals surface area contributed by atoms with Crippen LogP contribution in [0, 0.1) is 0 Å². The maximum absolute atomic E-state index is 5.26. The molecule has 8 aromatic heterocycles. The number of hydrogen-bond acceptors (Lipinski definition) is 8. The summed E-state index contributed by atoms with van der Waals surface area (Å²) in [7, 11) is 0. The number of thiophene rings is 2. The highest BCUT2D eigenvalue weighted by molar-refractivity contribution is 9.10. The second-order valence-electron chi connectivity index (χ2n) is 19.9. The first-order valence-corrected chi connectivity index (χ1v) is 29.1. The molecule has 10 aromatic carbocycles. The van der Waals surface area contributed by atoms with Crippen LogP contribution in [0.25, 0.3) is 156 Å². The highest BCUT2D eigenvalue weighted by Gasteiger charge is 2.24. The molecule has 0 bridgehead atoms. The number of para-hydroxylation sites is 2. The molecule has 0 atom stereocenters. The van der Waals surface area contributed by atoms with E-state index in [4.69, 9.17) is 9.97 Å². The Balaban J connectivity index is 0.000000112. The van der Waals surface area contributed by atoms with Gasteiger partial charge in [0.25, 0.3) is 0 Å². The van der Waals surface area contributed by atoms with Crippen LogP contribution in [0.4, 0.5) is 0 Å². The van der Waals surface area contributed by atoms with Gasteiger partial charge in [-0.15, -0.1) is 22.7 Å². The third kappa shape index (κ3) is 7.68. The SMILES string of the molecule is Brc1nc(-c2ccccc2)c2cccnc2n1.c1ccc(-c2nc(-n3c4ccccc4c4c5sc6ccccc6c5c5ccccc5c43)nc3ncccc23)cc1.c1ccc2c(c1)[nH]c1c3ccccc3c3c4ccccc4sc3c21. The number of rotatable bonds is 3. The van der Waals surface area contributed by atoms with Crippen molar-refractivity contribution in [2.45, 2.75) is 0 Å². The molecule has 8 nitrogen and oxygen atoms in total. The van der Waals surface area contributed by atoms with Crippen LogP contribution in [0.1, 0.15) is 0 Å². The molecule has 18 rings (SSSR count). The zero-order chi connectivity index (χ0) is 53.5. The van der Waals surface area contributed by atoms with Crippen LogP contribution < -0.4 is 0 Å². The predicted molar refractivity (Wildman–Crippen MR) is 344 cm³/mol. The number of nitrogens with zero attached hydrogens (tertiary/aromatic N) is 7. The molecule has 11 heteroatoms. The number of H-pyrrole nitrogens is 1. The monoisotopic (exact) mass is 1140 g/mol. The molecule has 0 fully saturated rings. The molecule has 0 spiro atoms. The van der Waals surface area contributed by atoms with Crippen molar-refractivity contribution < 1.29 is 0 Å². The number of aromatic nitrogens is 8. The first kappa shape index (κ1) is 47.2. The van der Waals surface area contributed by atoms with E-state index in [0.717, 1.165) is 44.3 Å². The predicted octanol–water partition coefficient (Wildman–Crippen LogP) is 19.6. The Morgan fingerprint density at radius 3 is 1.47 bits per heavy atom. The number of halogens is 1. The van der Waals surface area contributed by atoms with Crippen LogP contribution in [0.2, 0.25) is 0 Å². The summed E-state index contributed by atoms with van der Waals surface area (Å²) in [6, 6.07) is 80.5. The molecule has 0 aliphatic carbocycles. The third-order valence-electron chi connectivity index (χ3n) is 15.3. The lowest BCUT2D eigenvalue weighted by atomic mass is 10.00. The van der Waals surface area contributed by atoms with Gasteiger partial charge in [-0.05, 0) is 75.2 Å². The van der Waals surface area contributed by atoms with Gasteiger partial charge in [0.15, 0.2) is 16.0 Å². The topological polar surface area (TPSA) is 98.1 Å². The summed E-state index contributed by atoms with van der Waals surface area (Å²) < 4.78 is 8.15. The van der Waals surface area contributed by atoms with Gasteiger partial charge in [0.1, 0.15) is 0 Å². The van der Waals surface area contributed by atoms with Crippen LogP contribution in [0.15, 0.2) is 248 Å². The number of benzene rings is 10. The number of fused-ring (bicyclic) bond motifs is 22. The number of aromatic amines is 1. The molecule has 0 unspecified atom stereocenters. The molecule has 0 aliphatic rings. The van der Waals surface area contributed by atoms with Gasteiger partial charge in [-0.3, -0.25) is 4.57 Å². The smallest absolute Gasteiger partial charge is 0.237 e. The van der Waals surface area contributed by atoms with E-state index < -0.39 is 0 Å². The molecule has 8 heterocycles. The standard InChI is InChI=1S/C35H20N4S.C22H13NS.C13H8BrN3/c1-2-11-21(12-3-1)31-26-17-10-20-36-34(26)38-35(37-31)39-27-18-8-6-15-24(27)30-32(39)23-14-5-4-13-22(23)29-25-16-7-9-19-28(25)40-33(29)30;1-2-8-14-13(7-1)19-16-10-4-6-12-18(16)24-22(19)20-15-9-3-5-11-17(15)23-21(14)20;14-13-16-11(9-5-2-1-3-6-9)10-7-4-8-15-12(10)17-13/h1-20H;1-12,23H;1-8H. The summed E-state index contributed by atoms with van der Waals surface area (Å²) >= 11 is 7.09. The zero-order valence-electron chi connectivity index (χ0n) is 42.9. The van der Waals surface area contributed by atoms with Gasteiger partial charge < -0.3 is 4.98 Å². The molecule has 0 radical (unpaired) electrons. The van der Waals surface area contributed by atoms with E-state index in [9.17, 15) is 0 Å². The van der Waals surface area contributed by atoms with Crippen molar-refractivity contribution in [3.8, 4) is 28.5 Å². The van der Waals surface area contributed by atoms with Crippen LogP contribution in [-0.2, 0) is 0 Å². The van der Waals surface area contributed by atoms with Crippen LogP contribution in [0.5, 0.6) is 0 Å². The Labute approximate surface area is 478 Å². The second-order valence-corrected chi connectivity index (χ2v) is 22.7. The van der Waals surface area contributed by atoms with Crippen molar-refractivity contribution in [3.05, 3.63) is 248 Å². The Kier molecular flexibility index (Phi) is 11.2. The highest BCUT2D eigenvalue weighted by atomic mass is 79.9. The minimum atomic E-state index is 0.558. The van der Waals surface area contributed by atoms with E-state index in [-0.39, 0.29) is 0 Å². The average Bonchev–Trinajstić information content (AvgIpc) is 2.68. The average molecular weight is 1140 g/mol. The lowest BCUT2D eigenvalue weighted by Gasteiger charge is -2.12.